The number of aromatic nitrogens is 3. The molecule has 0 aliphatic heterocycles. The van der Waals surface area contributed by atoms with Crippen LogP contribution >= 0.6 is 0 Å². The topological polar surface area (TPSA) is 76.0 Å². The minimum atomic E-state index is -1.02. The molecule has 0 saturated carbocycles. The zero-order valence-corrected chi connectivity index (χ0v) is 6.51. The molecule has 0 aliphatic rings. The molecule has 0 radical (unpaired) electrons. The first-order valence-corrected chi connectivity index (χ1v) is 3.59. The van der Waals surface area contributed by atoms with Gasteiger partial charge in [0, 0.05) is 11.6 Å². The predicted octanol–water partition coefficient (Wildman–Crippen LogP) is 0.723. The Hall–Kier alpha value is -2.04. The van der Waals surface area contributed by atoms with Crippen molar-refractivity contribution in [2.24, 2.45) is 0 Å². The van der Waals surface area contributed by atoms with Gasteiger partial charge >= 0.3 is 5.97 Å². The molecular formula is C8H5N3O2. The molecule has 1 N–H and O–H groups in total. The highest BCUT2D eigenvalue weighted by Crippen LogP contribution is 2.11. The number of hydrogen-bond acceptors (Lipinski definition) is 4. The molecule has 2 aromatic heterocycles. The predicted molar refractivity (Wildman–Crippen MR) is 44.3 cm³/mol. The summed E-state index contributed by atoms with van der Waals surface area (Å²) < 4.78 is 0. The minimum absolute atomic E-state index is 0.123. The number of carbonyl (C=O) groups is 1. The van der Waals surface area contributed by atoms with Gasteiger partial charge in [-0.25, -0.2) is 9.78 Å². The number of hydrogen-bond donors (Lipinski definition) is 1. The Balaban J connectivity index is 2.83. The second-order valence-corrected chi connectivity index (χ2v) is 2.44. The Morgan fingerprint density at radius 3 is 3.08 bits per heavy atom. The molecule has 0 spiro atoms. The largest absolute Gasteiger partial charge is 0.478 e. The van der Waals surface area contributed by atoms with Gasteiger partial charge in [-0.05, 0) is 12.1 Å². The average Bonchev–Trinajstić information content (AvgIpc) is 2.17. The first kappa shape index (κ1) is 7.60. The van der Waals surface area contributed by atoms with Crippen LogP contribution < -0.4 is 0 Å². The van der Waals surface area contributed by atoms with E-state index in [0.717, 1.165) is 0 Å². The monoisotopic (exact) mass is 175 g/mol. The molecule has 2 aromatic rings. The fourth-order valence-electron chi connectivity index (χ4n) is 1.07. The lowest BCUT2D eigenvalue weighted by atomic mass is 10.2. The molecule has 5 heteroatoms. The van der Waals surface area contributed by atoms with E-state index in [-0.39, 0.29) is 5.56 Å². The van der Waals surface area contributed by atoms with Gasteiger partial charge in [0.2, 0.25) is 0 Å². The highest BCUT2D eigenvalue weighted by atomic mass is 16.4. The van der Waals surface area contributed by atoms with Crippen LogP contribution in [-0.2, 0) is 0 Å². The lowest BCUT2D eigenvalue weighted by Gasteiger charge is -1.97. The van der Waals surface area contributed by atoms with Crippen LogP contribution in [0.1, 0.15) is 10.4 Å². The summed E-state index contributed by atoms with van der Waals surface area (Å²) in [5.41, 5.74) is 0.473. The molecule has 0 aromatic carbocycles. The van der Waals surface area contributed by atoms with Crippen LogP contribution in [0.15, 0.2) is 24.5 Å². The number of nitrogens with zero attached hydrogens (tertiary/aromatic N) is 3. The number of aromatic carboxylic acids is 1. The molecule has 2 rings (SSSR count). The van der Waals surface area contributed by atoms with Gasteiger partial charge in [-0.15, -0.1) is 5.10 Å². The molecule has 0 atom stereocenters. The highest BCUT2D eigenvalue weighted by Gasteiger charge is 2.08. The minimum Gasteiger partial charge on any atom is -0.478 e. The van der Waals surface area contributed by atoms with Crippen molar-refractivity contribution in [3.05, 3.63) is 30.1 Å². The van der Waals surface area contributed by atoms with E-state index in [2.05, 4.69) is 15.2 Å². The van der Waals surface area contributed by atoms with Crippen LogP contribution in [0.4, 0.5) is 0 Å². The fourth-order valence-corrected chi connectivity index (χ4v) is 1.07. The Morgan fingerprint density at radius 2 is 2.31 bits per heavy atom. The van der Waals surface area contributed by atoms with E-state index >= 15 is 0 Å². The Morgan fingerprint density at radius 1 is 1.46 bits per heavy atom. The van der Waals surface area contributed by atoms with Crippen LogP contribution in [0.3, 0.4) is 0 Å². The third-order valence-corrected chi connectivity index (χ3v) is 1.65. The van der Waals surface area contributed by atoms with Gasteiger partial charge in [0.25, 0.3) is 0 Å². The summed E-state index contributed by atoms with van der Waals surface area (Å²) in [6.45, 7) is 0. The summed E-state index contributed by atoms with van der Waals surface area (Å²) in [5, 5.41) is 16.5. The maximum Gasteiger partial charge on any atom is 0.338 e. The molecule has 64 valence electrons. The van der Waals surface area contributed by atoms with E-state index in [4.69, 9.17) is 5.11 Å². The molecule has 0 aliphatic carbocycles. The maximum atomic E-state index is 10.7. The Labute approximate surface area is 73.1 Å². The summed E-state index contributed by atoms with van der Waals surface area (Å²) in [6, 6.07) is 3.32. The van der Waals surface area contributed by atoms with Crippen molar-refractivity contribution in [3.8, 4) is 0 Å². The molecule has 2 heterocycles. The van der Waals surface area contributed by atoms with Crippen molar-refractivity contribution in [2.75, 3.05) is 0 Å². The normalized spacial score (nSPS) is 10.2. The van der Waals surface area contributed by atoms with Crippen molar-refractivity contribution in [1.82, 2.24) is 15.2 Å². The average molecular weight is 175 g/mol. The van der Waals surface area contributed by atoms with Crippen molar-refractivity contribution >= 4 is 17.0 Å². The van der Waals surface area contributed by atoms with Gasteiger partial charge < -0.3 is 5.11 Å². The molecule has 5 nitrogen and oxygen atoms in total. The van der Waals surface area contributed by atoms with Crippen LogP contribution in [-0.4, -0.2) is 26.3 Å². The van der Waals surface area contributed by atoms with Gasteiger partial charge in [0.1, 0.15) is 0 Å². The zero-order chi connectivity index (χ0) is 9.26. The molecular weight excluding hydrogens is 170 g/mol. The first-order valence-electron chi connectivity index (χ1n) is 3.59. The molecule has 13 heavy (non-hydrogen) atoms. The maximum absolute atomic E-state index is 10.7. The summed E-state index contributed by atoms with van der Waals surface area (Å²) in [7, 11) is 0. The molecule has 0 bridgehead atoms. The summed E-state index contributed by atoms with van der Waals surface area (Å²) >= 11 is 0. The van der Waals surface area contributed by atoms with Crippen LogP contribution in [0.5, 0.6) is 0 Å². The van der Waals surface area contributed by atoms with Gasteiger partial charge in [-0.1, -0.05) is 0 Å². The summed E-state index contributed by atoms with van der Waals surface area (Å²) in [4.78, 5) is 14.6. The lowest BCUT2D eigenvalue weighted by Crippen LogP contribution is -2.00. The number of pyridine rings is 1. The van der Waals surface area contributed by atoms with Crippen LogP contribution in [0.25, 0.3) is 11.0 Å². The lowest BCUT2D eigenvalue weighted by molar-refractivity contribution is 0.0698. The quantitative estimate of drug-likeness (QED) is 0.691. The van der Waals surface area contributed by atoms with Crippen molar-refractivity contribution in [1.29, 1.82) is 0 Å². The SMILES string of the molecule is O=C(O)c1cnnc2ncccc12. The third-order valence-electron chi connectivity index (χ3n) is 1.65. The van der Waals surface area contributed by atoms with Gasteiger partial charge in [0.05, 0.1) is 11.8 Å². The van der Waals surface area contributed by atoms with Crippen LogP contribution in [0, 0.1) is 0 Å². The third kappa shape index (κ3) is 1.20. The van der Waals surface area contributed by atoms with Crippen molar-refractivity contribution in [2.45, 2.75) is 0 Å². The van der Waals surface area contributed by atoms with E-state index in [9.17, 15) is 4.79 Å². The molecule has 0 fully saturated rings. The summed E-state index contributed by atoms with van der Waals surface area (Å²) in [5.74, 6) is -1.02. The molecule has 0 saturated heterocycles. The second kappa shape index (κ2) is 2.78. The first-order chi connectivity index (χ1) is 6.29. The van der Waals surface area contributed by atoms with E-state index in [1.165, 1.54) is 6.20 Å². The van der Waals surface area contributed by atoms with Gasteiger partial charge in [-0.3, -0.25) is 0 Å². The fraction of sp³-hybridized carbons (Fsp3) is 0. The standard InChI is InChI=1S/C8H5N3O2/c12-8(13)6-4-10-11-7-5(6)2-1-3-9-7/h1-4H,(H,12,13). The highest BCUT2D eigenvalue weighted by molar-refractivity contribution is 6.00. The smallest absolute Gasteiger partial charge is 0.338 e. The second-order valence-electron chi connectivity index (χ2n) is 2.44. The van der Waals surface area contributed by atoms with Gasteiger partial charge in [0.15, 0.2) is 5.65 Å². The van der Waals surface area contributed by atoms with Crippen molar-refractivity contribution in [3.63, 3.8) is 0 Å². The van der Waals surface area contributed by atoms with E-state index in [1.807, 2.05) is 0 Å². The number of carboxylic acid groups (broad SMARTS) is 1. The molecule has 0 amide bonds. The summed E-state index contributed by atoms with van der Waals surface area (Å²) in [6.07, 6.45) is 2.76. The Bertz CT molecular complexity index is 464. The molecule has 0 unspecified atom stereocenters. The zero-order valence-electron chi connectivity index (χ0n) is 6.51. The van der Waals surface area contributed by atoms with Crippen LogP contribution in [0.2, 0.25) is 0 Å². The number of rotatable bonds is 1. The van der Waals surface area contributed by atoms with Crippen molar-refractivity contribution < 1.29 is 9.90 Å². The van der Waals surface area contributed by atoms with E-state index in [1.54, 1.807) is 18.3 Å². The van der Waals surface area contributed by atoms with E-state index < -0.39 is 5.97 Å². The van der Waals surface area contributed by atoms with E-state index in [0.29, 0.717) is 11.0 Å². The van der Waals surface area contributed by atoms with Gasteiger partial charge in [-0.2, -0.15) is 5.10 Å². The number of carboxylic acids is 1. The number of fused-ring (bicyclic) bond motifs is 1. The Kier molecular flexibility index (Phi) is 1.63.